The van der Waals surface area contributed by atoms with Gasteiger partial charge in [-0.3, -0.25) is 4.79 Å². The van der Waals surface area contributed by atoms with Gasteiger partial charge in [-0.1, -0.05) is 41.4 Å². The van der Waals surface area contributed by atoms with Crippen molar-refractivity contribution in [1.29, 1.82) is 0 Å². The molecule has 0 fully saturated rings. The van der Waals surface area contributed by atoms with Crippen LogP contribution in [0, 0.1) is 13.8 Å². The summed E-state index contributed by atoms with van der Waals surface area (Å²) in [7, 11) is 1.53. The number of nitrogens with one attached hydrogen (secondary N) is 2. The zero-order valence-corrected chi connectivity index (χ0v) is 16.7. The zero-order chi connectivity index (χ0) is 20.1. The Morgan fingerprint density at radius 2 is 1.93 bits per heavy atom. The monoisotopic (exact) mass is 396 g/mol. The molecule has 1 heterocycles. The Morgan fingerprint density at radius 3 is 2.68 bits per heavy atom. The lowest BCUT2D eigenvalue weighted by molar-refractivity contribution is 0.102. The van der Waals surface area contributed by atoms with Gasteiger partial charge in [0.1, 0.15) is 11.4 Å². The average Bonchev–Trinajstić information content (AvgIpc) is 2.66. The van der Waals surface area contributed by atoms with Gasteiger partial charge in [-0.25, -0.2) is 9.97 Å². The quantitative estimate of drug-likeness (QED) is 0.635. The smallest absolute Gasteiger partial charge is 0.274 e. The van der Waals surface area contributed by atoms with Crippen LogP contribution in [-0.2, 0) is 6.54 Å². The van der Waals surface area contributed by atoms with Crippen molar-refractivity contribution < 1.29 is 9.53 Å². The fraction of sp³-hybridized carbons (Fsp3) is 0.190. The number of aromatic nitrogens is 2. The zero-order valence-electron chi connectivity index (χ0n) is 15.9. The van der Waals surface area contributed by atoms with E-state index in [1.165, 1.54) is 12.7 Å². The topological polar surface area (TPSA) is 76.1 Å². The minimum Gasteiger partial charge on any atom is -0.495 e. The van der Waals surface area contributed by atoms with E-state index in [4.69, 9.17) is 16.3 Å². The maximum atomic E-state index is 12.7. The molecule has 144 valence electrons. The third-order valence-corrected chi connectivity index (χ3v) is 4.26. The Hall–Kier alpha value is -3.12. The van der Waals surface area contributed by atoms with E-state index in [1.54, 1.807) is 24.3 Å². The van der Waals surface area contributed by atoms with Gasteiger partial charge < -0.3 is 15.4 Å². The summed E-state index contributed by atoms with van der Waals surface area (Å²) < 4.78 is 5.26. The van der Waals surface area contributed by atoms with Crippen molar-refractivity contribution in [1.82, 2.24) is 9.97 Å². The van der Waals surface area contributed by atoms with Crippen LogP contribution in [0.4, 0.5) is 11.6 Å². The van der Waals surface area contributed by atoms with E-state index < -0.39 is 0 Å². The van der Waals surface area contributed by atoms with Crippen LogP contribution in [0.1, 0.15) is 27.3 Å². The van der Waals surface area contributed by atoms with E-state index in [-0.39, 0.29) is 11.6 Å². The van der Waals surface area contributed by atoms with Crippen molar-refractivity contribution in [2.24, 2.45) is 0 Å². The van der Waals surface area contributed by atoms with Crippen LogP contribution in [-0.4, -0.2) is 23.0 Å². The number of nitrogens with zero attached hydrogens (tertiary/aromatic N) is 2. The standard InChI is InChI=1S/C21H21ClN4O2/c1-13-5-4-6-15(9-13)12-23-21-24-14(2)10-18(26-21)20(27)25-17-11-16(22)7-8-19(17)28-3/h4-11H,12H2,1-3H3,(H,25,27)(H,23,24,26). The van der Waals surface area contributed by atoms with Crippen molar-refractivity contribution in [2.45, 2.75) is 20.4 Å². The Bertz CT molecular complexity index is 1010. The number of carbonyl (C=O) groups is 1. The maximum Gasteiger partial charge on any atom is 0.274 e. The molecule has 0 aliphatic rings. The number of amides is 1. The SMILES string of the molecule is COc1ccc(Cl)cc1NC(=O)c1cc(C)nc(NCc2cccc(C)c2)n1. The second kappa shape index (κ2) is 8.71. The molecule has 2 aromatic carbocycles. The summed E-state index contributed by atoms with van der Waals surface area (Å²) in [6.07, 6.45) is 0. The summed E-state index contributed by atoms with van der Waals surface area (Å²) >= 11 is 6.02. The number of benzene rings is 2. The molecule has 2 N–H and O–H groups in total. The highest BCUT2D eigenvalue weighted by Crippen LogP contribution is 2.28. The Labute approximate surface area is 168 Å². The predicted molar refractivity (Wildman–Crippen MR) is 111 cm³/mol. The molecule has 0 atom stereocenters. The lowest BCUT2D eigenvalue weighted by atomic mass is 10.1. The summed E-state index contributed by atoms with van der Waals surface area (Å²) in [5.74, 6) is 0.538. The predicted octanol–water partition coefficient (Wildman–Crippen LogP) is 4.62. The van der Waals surface area contributed by atoms with Crippen LogP contribution in [0.2, 0.25) is 5.02 Å². The van der Waals surface area contributed by atoms with Crippen molar-refractivity contribution in [3.05, 3.63) is 76.1 Å². The van der Waals surface area contributed by atoms with Crippen molar-refractivity contribution in [2.75, 3.05) is 17.7 Å². The van der Waals surface area contributed by atoms with Gasteiger partial charge in [-0.05, 0) is 43.7 Å². The van der Waals surface area contributed by atoms with Crippen molar-refractivity contribution in [3.63, 3.8) is 0 Å². The van der Waals surface area contributed by atoms with Gasteiger partial charge in [0.15, 0.2) is 0 Å². The molecular weight excluding hydrogens is 376 g/mol. The molecule has 7 heteroatoms. The molecule has 0 bridgehead atoms. The van der Waals surface area contributed by atoms with E-state index in [9.17, 15) is 4.79 Å². The highest BCUT2D eigenvalue weighted by molar-refractivity contribution is 6.31. The third kappa shape index (κ3) is 4.98. The number of ether oxygens (including phenoxy) is 1. The second-order valence-corrected chi connectivity index (χ2v) is 6.80. The number of aryl methyl sites for hydroxylation is 2. The molecule has 28 heavy (non-hydrogen) atoms. The number of halogens is 1. The number of rotatable bonds is 6. The highest BCUT2D eigenvalue weighted by atomic mass is 35.5. The van der Waals surface area contributed by atoms with Gasteiger partial charge in [0.2, 0.25) is 5.95 Å². The van der Waals surface area contributed by atoms with Crippen molar-refractivity contribution in [3.8, 4) is 5.75 Å². The van der Waals surface area contributed by atoms with E-state index >= 15 is 0 Å². The summed E-state index contributed by atoms with van der Waals surface area (Å²) in [5, 5.41) is 6.46. The first-order valence-corrected chi connectivity index (χ1v) is 9.12. The van der Waals surface area contributed by atoms with Gasteiger partial charge in [0.25, 0.3) is 5.91 Å². The number of hydrogen-bond donors (Lipinski definition) is 2. The molecule has 0 saturated heterocycles. The first-order valence-electron chi connectivity index (χ1n) is 8.74. The van der Waals surface area contributed by atoms with Crippen LogP contribution in [0.3, 0.4) is 0 Å². The van der Waals surface area contributed by atoms with E-state index in [0.29, 0.717) is 34.6 Å². The molecule has 1 aromatic heterocycles. The first kappa shape index (κ1) is 19.6. The molecule has 0 aliphatic carbocycles. The average molecular weight is 397 g/mol. The first-order chi connectivity index (χ1) is 13.4. The lowest BCUT2D eigenvalue weighted by Gasteiger charge is -2.12. The van der Waals surface area contributed by atoms with Crippen LogP contribution < -0.4 is 15.4 Å². The Morgan fingerprint density at radius 1 is 1.11 bits per heavy atom. The largest absolute Gasteiger partial charge is 0.495 e. The van der Waals surface area contributed by atoms with Crippen LogP contribution in [0.25, 0.3) is 0 Å². The number of carbonyl (C=O) groups excluding carboxylic acids is 1. The van der Waals surface area contributed by atoms with Crippen molar-refractivity contribution >= 4 is 29.1 Å². The summed E-state index contributed by atoms with van der Waals surface area (Å²) in [5.41, 5.74) is 3.71. The normalized spacial score (nSPS) is 10.4. The molecule has 0 spiro atoms. The summed E-state index contributed by atoms with van der Waals surface area (Å²) in [4.78, 5) is 21.4. The molecular formula is C21H21ClN4O2. The number of hydrogen-bond acceptors (Lipinski definition) is 5. The lowest BCUT2D eigenvalue weighted by Crippen LogP contribution is -2.16. The molecule has 3 rings (SSSR count). The number of methoxy groups -OCH3 is 1. The second-order valence-electron chi connectivity index (χ2n) is 6.36. The molecule has 0 radical (unpaired) electrons. The maximum absolute atomic E-state index is 12.7. The summed E-state index contributed by atoms with van der Waals surface area (Å²) in [6, 6.07) is 14.8. The van der Waals surface area contributed by atoms with E-state index in [1.807, 2.05) is 32.0 Å². The van der Waals surface area contributed by atoms with Gasteiger partial charge in [0, 0.05) is 17.3 Å². The minimum absolute atomic E-state index is 0.251. The fourth-order valence-electron chi connectivity index (χ4n) is 2.73. The molecule has 3 aromatic rings. The molecule has 6 nitrogen and oxygen atoms in total. The van der Waals surface area contributed by atoms with E-state index in [0.717, 1.165) is 5.56 Å². The van der Waals surface area contributed by atoms with Crippen LogP contribution in [0.5, 0.6) is 5.75 Å². The van der Waals surface area contributed by atoms with Crippen LogP contribution >= 0.6 is 11.6 Å². The van der Waals surface area contributed by atoms with E-state index in [2.05, 4.69) is 26.7 Å². The fourth-order valence-corrected chi connectivity index (χ4v) is 2.90. The Kier molecular flexibility index (Phi) is 6.11. The number of anilines is 2. The van der Waals surface area contributed by atoms with Gasteiger partial charge in [-0.2, -0.15) is 0 Å². The molecule has 0 unspecified atom stereocenters. The highest BCUT2D eigenvalue weighted by Gasteiger charge is 2.14. The molecule has 0 saturated carbocycles. The molecule has 0 aliphatic heterocycles. The minimum atomic E-state index is -0.371. The molecule has 1 amide bonds. The Balaban J connectivity index is 1.77. The van der Waals surface area contributed by atoms with Gasteiger partial charge in [0.05, 0.1) is 12.8 Å². The third-order valence-electron chi connectivity index (χ3n) is 4.03. The van der Waals surface area contributed by atoms with Crippen LogP contribution in [0.15, 0.2) is 48.5 Å². The summed E-state index contributed by atoms with van der Waals surface area (Å²) in [6.45, 7) is 4.42. The van der Waals surface area contributed by atoms with Gasteiger partial charge >= 0.3 is 0 Å². The van der Waals surface area contributed by atoms with Gasteiger partial charge in [-0.15, -0.1) is 0 Å².